The van der Waals surface area contributed by atoms with Crippen LogP contribution in [0.4, 0.5) is 0 Å². The molecule has 2 rings (SSSR count). The van der Waals surface area contributed by atoms with Crippen LogP contribution in [0.1, 0.15) is 30.4 Å². The Balaban J connectivity index is 0.00000450. The van der Waals surface area contributed by atoms with Crippen molar-refractivity contribution in [3.63, 3.8) is 0 Å². The average molecular weight is 531 g/mol. The Bertz CT molecular complexity index is 645. The first-order chi connectivity index (χ1) is 14.0. The van der Waals surface area contributed by atoms with Gasteiger partial charge in [-0.15, -0.1) is 24.0 Å². The number of halogens is 1. The lowest BCUT2D eigenvalue weighted by molar-refractivity contribution is -0.127. The molecule has 0 radical (unpaired) electrons. The van der Waals surface area contributed by atoms with Crippen molar-refractivity contribution in [1.29, 1.82) is 0 Å². The summed E-state index contributed by atoms with van der Waals surface area (Å²) in [6.45, 7) is 10.7. The number of nitrogens with one attached hydrogen (secondary N) is 2. The number of morpholine rings is 1. The van der Waals surface area contributed by atoms with Gasteiger partial charge < -0.3 is 20.3 Å². The monoisotopic (exact) mass is 531 g/mol. The molecule has 8 heteroatoms. The Morgan fingerprint density at radius 2 is 1.87 bits per heavy atom. The number of aryl methyl sites for hydroxylation is 1. The van der Waals surface area contributed by atoms with Crippen LogP contribution >= 0.6 is 24.0 Å². The van der Waals surface area contributed by atoms with E-state index in [1.54, 1.807) is 19.0 Å². The van der Waals surface area contributed by atoms with Gasteiger partial charge in [-0.05, 0) is 31.4 Å². The van der Waals surface area contributed by atoms with Crippen LogP contribution in [-0.4, -0.2) is 88.2 Å². The first-order valence-electron chi connectivity index (χ1n) is 10.5. The molecule has 1 aliphatic heterocycles. The molecule has 170 valence electrons. The van der Waals surface area contributed by atoms with E-state index in [0.717, 1.165) is 52.4 Å². The van der Waals surface area contributed by atoms with Crippen LogP contribution in [0.15, 0.2) is 29.3 Å². The predicted octanol–water partition coefficient (Wildman–Crippen LogP) is 2.06. The van der Waals surface area contributed by atoms with Crippen LogP contribution in [0.25, 0.3) is 0 Å². The Labute approximate surface area is 198 Å². The molecule has 0 spiro atoms. The van der Waals surface area contributed by atoms with Crippen molar-refractivity contribution < 1.29 is 9.53 Å². The third-order valence-corrected chi connectivity index (χ3v) is 5.14. The van der Waals surface area contributed by atoms with Crippen molar-refractivity contribution in [2.24, 2.45) is 4.99 Å². The first kappa shape index (κ1) is 26.6. The zero-order valence-corrected chi connectivity index (χ0v) is 21.1. The molecule has 7 nitrogen and oxygen atoms in total. The average Bonchev–Trinajstić information content (AvgIpc) is 2.73. The van der Waals surface area contributed by atoms with Crippen LogP contribution in [0.2, 0.25) is 0 Å². The maximum Gasteiger partial charge on any atom is 0.243 e. The van der Waals surface area contributed by atoms with Crippen LogP contribution in [0, 0.1) is 6.92 Å². The molecule has 0 aromatic heterocycles. The second-order valence-corrected chi connectivity index (χ2v) is 7.88. The van der Waals surface area contributed by atoms with Crippen molar-refractivity contribution in [1.82, 2.24) is 20.4 Å². The van der Waals surface area contributed by atoms with E-state index in [4.69, 9.17) is 4.74 Å². The van der Waals surface area contributed by atoms with Gasteiger partial charge in [0.25, 0.3) is 0 Å². The summed E-state index contributed by atoms with van der Waals surface area (Å²) in [7, 11) is 3.50. The first-order valence-corrected chi connectivity index (χ1v) is 10.5. The number of rotatable bonds is 9. The van der Waals surface area contributed by atoms with E-state index < -0.39 is 0 Å². The number of benzene rings is 1. The summed E-state index contributed by atoms with van der Waals surface area (Å²) in [4.78, 5) is 20.4. The minimum atomic E-state index is -0.00833. The topological polar surface area (TPSA) is 69.2 Å². The third-order valence-electron chi connectivity index (χ3n) is 5.14. The van der Waals surface area contributed by atoms with E-state index in [1.165, 1.54) is 11.1 Å². The lowest BCUT2D eigenvalue weighted by Gasteiger charge is -2.26. The van der Waals surface area contributed by atoms with Crippen molar-refractivity contribution >= 4 is 35.8 Å². The molecule has 1 saturated heterocycles. The number of amides is 1. The van der Waals surface area contributed by atoms with E-state index >= 15 is 0 Å². The molecule has 1 fully saturated rings. The van der Waals surface area contributed by atoms with Crippen LogP contribution in [0.5, 0.6) is 0 Å². The highest BCUT2D eigenvalue weighted by Gasteiger charge is 2.11. The fraction of sp³-hybridized carbons (Fsp3) is 0.636. The number of carbonyl (C=O) groups is 1. The molecular weight excluding hydrogens is 493 g/mol. The Kier molecular flexibility index (Phi) is 13.0. The van der Waals surface area contributed by atoms with E-state index in [1.807, 2.05) is 0 Å². The summed E-state index contributed by atoms with van der Waals surface area (Å²) in [6, 6.07) is 8.62. The minimum absolute atomic E-state index is 0. The van der Waals surface area contributed by atoms with Gasteiger partial charge in [-0.2, -0.15) is 0 Å². The third kappa shape index (κ3) is 10.1. The number of nitrogens with zero attached hydrogens (tertiary/aromatic N) is 3. The maximum absolute atomic E-state index is 11.9. The number of aliphatic imine (C=N–C) groups is 1. The lowest BCUT2D eigenvalue weighted by Crippen LogP contribution is -2.42. The number of carbonyl (C=O) groups excluding carboxylic acids is 1. The van der Waals surface area contributed by atoms with E-state index in [2.05, 4.69) is 58.6 Å². The summed E-state index contributed by atoms with van der Waals surface area (Å²) >= 11 is 0. The van der Waals surface area contributed by atoms with Gasteiger partial charge in [0.1, 0.15) is 6.54 Å². The summed E-state index contributed by atoms with van der Waals surface area (Å²) in [6.07, 6.45) is 1.02. The highest BCUT2D eigenvalue weighted by atomic mass is 127. The molecule has 1 atom stereocenters. The fourth-order valence-electron chi connectivity index (χ4n) is 3.06. The zero-order chi connectivity index (χ0) is 21.1. The minimum Gasteiger partial charge on any atom is -0.379 e. The van der Waals surface area contributed by atoms with Gasteiger partial charge in [0.15, 0.2) is 5.96 Å². The molecule has 1 aromatic carbocycles. The smallest absolute Gasteiger partial charge is 0.243 e. The normalized spacial score (nSPS) is 15.8. The maximum atomic E-state index is 11.9. The zero-order valence-electron chi connectivity index (χ0n) is 18.8. The van der Waals surface area contributed by atoms with E-state index in [0.29, 0.717) is 11.9 Å². The molecule has 2 N–H and O–H groups in total. The van der Waals surface area contributed by atoms with Crippen molar-refractivity contribution in [3.8, 4) is 0 Å². The molecule has 0 aliphatic carbocycles. The van der Waals surface area contributed by atoms with Crippen molar-refractivity contribution in [3.05, 3.63) is 35.4 Å². The molecule has 0 bridgehead atoms. The van der Waals surface area contributed by atoms with Gasteiger partial charge in [0.2, 0.25) is 5.91 Å². The van der Waals surface area contributed by atoms with Crippen LogP contribution in [0.3, 0.4) is 0 Å². The van der Waals surface area contributed by atoms with Crippen molar-refractivity contribution in [2.45, 2.75) is 26.2 Å². The standard InChI is InChI=1S/C22H37N5O2.HI/c1-18-6-8-20(9-7-18)19(2)16-24-22(25-17-21(28)26(3)4)23-10-5-11-27-12-14-29-15-13-27;/h6-9,19H,5,10-17H2,1-4H3,(H2,23,24,25);1H. The molecule has 1 unspecified atom stereocenters. The van der Waals surface area contributed by atoms with Crippen LogP contribution < -0.4 is 10.6 Å². The Morgan fingerprint density at radius 1 is 1.20 bits per heavy atom. The molecular formula is C22H38IN5O2. The second-order valence-electron chi connectivity index (χ2n) is 7.88. The van der Waals surface area contributed by atoms with Gasteiger partial charge in [-0.1, -0.05) is 36.8 Å². The molecule has 30 heavy (non-hydrogen) atoms. The van der Waals surface area contributed by atoms with Crippen molar-refractivity contribution in [2.75, 3.05) is 66.6 Å². The molecule has 1 heterocycles. The summed E-state index contributed by atoms with van der Waals surface area (Å²) in [5.41, 5.74) is 2.56. The Hall–Kier alpha value is -1.39. The second kappa shape index (κ2) is 14.6. The summed E-state index contributed by atoms with van der Waals surface area (Å²) < 4.78 is 5.39. The number of hydrogen-bond acceptors (Lipinski definition) is 4. The SMILES string of the molecule is Cc1ccc(C(C)CNC(=NCC(=O)N(C)C)NCCCN2CCOCC2)cc1.I. The largest absolute Gasteiger partial charge is 0.379 e. The fourth-order valence-corrected chi connectivity index (χ4v) is 3.06. The lowest BCUT2D eigenvalue weighted by atomic mass is 10.0. The summed E-state index contributed by atoms with van der Waals surface area (Å²) in [5.74, 6) is 1.03. The number of guanidine groups is 1. The number of ether oxygens (including phenoxy) is 1. The highest BCUT2D eigenvalue weighted by molar-refractivity contribution is 14.0. The van der Waals surface area contributed by atoms with Gasteiger partial charge >= 0.3 is 0 Å². The van der Waals surface area contributed by atoms with Gasteiger partial charge in [0, 0.05) is 40.3 Å². The number of likely N-dealkylation sites (N-methyl/N-ethyl adjacent to an activating group) is 1. The highest BCUT2D eigenvalue weighted by Crippen LogP contribution is 2.14. The quantitative estimate of drug-likeness (QED) is 0.221. The van der Waals surface area contributed by atoms with E-state index in [-0.39, 0.29) is 36.4 Å². The van der Waals surface area contributed by atoms with Gasteiger partial charge in [-0.25, -0.2) is 4.99 Å². The molecule has 1 aliphatic rings. The number of hydrogen-bond donors (Lipinski definition) is 2. The van der Waals surface area contributed by atoms with Gasteiger partial charge in [-0.3, -0.25) is 9.69 Å². The predicted molar refractivity (Wildman–Crippen MR) is 134 cm³/mol. The molecule has 1 aromatic rings. The van der Waals surface area contributed by atoms with E-state index in [9.17, 15) is 4.79 Å². The Morgan fingerprint density at radius 3 is 2.50 bits per heavy atom. The van der Waals surface area contributed by atoms with Gasteiger partial charge in [0.05, 0.1) is 13.2 Å². The molecule has 0 saturated carbocycles. The summed E-state index contributed by atoms with van der Waals surface area (Å²) in [5, 5.41) is 6.78. The molecule has 1 amide bonds. The van der Waals surface area contributed by atoms with Crippen LogP contribution in [-0.2, 0) is 9.53 Å².